The average molecular weight is 481 g/mol. The maximum Gasteiger partial charge on any atom is 0.304 e. The molecule has 0 radical (unpaired) electrons. The highest BCUT2D eigenvalue weighted by atomic mass is 28.4. The Hall–Kier alpha value is -2.92. The summed E-state index contributed by atoms with van der Waals surface area (Å²) in [6, 6.07) is 20.2. The van der Waals surface area contributed by atoms with Crippen LogP contribution >= 0.6 is 0 Å². The Balaban J connectivity index is 2.08. The minimum Gasteiger partial charge on any atom is -0.458 e. The van der Waals surface area contributed by atoms with E-state index in [-0.39, 0.29) is 18.1 Å². The molecule has 3 atom stereocenters. The van der Waals surface area contributed by atoms with Gasteiger partial charge in [0.2, 0.25) is 6.29 Å². The van der Waals surface area contributed by atoms with Crippen molar-refractivity contribution < 1.29 is 28.2 Å². The maximum absolute atomic E-state index is 11.8. The van der Waals surface area contributed by atoms with Crippen molar-refractivity contribution in [1.82, 2.24) is 0 Å². The Morgan fingerprint density at radius 3 is 1.91 bits per heavy atom. The van der Waals surface area contributed by atoms with Crippen LogP contribution in [-0.2, 0) is 28.2 Å². The van der Waals surface area contributed by atoms with Crippen molar-refractivity contribution in [3.63, 3.8) is 0 Å². The highest BCUT2D eigenvalue weighted by molar-refractivity contribution is 6.99. The molecule has 3 rings (SSSR count). The zero-order chi connectivity index (χ0) is 25.0. The van der Waals surface area contributed by atoms with E-state index in [1.807, 2.05) is 36.4 Å². The van der Waals surface area contributed by atoms with E-state index in [0.717, 1.165) is 10.4 Å². The van der Waals surface area contributed by atoms with Crippen molar-refractivity contribution in [3.05, 3.63) is 60.7 Å². The minimum absolute atomic E-state index is 0.0352. The number of carbonyl (C=O) groups excluding carboxylic acids is 2. The molecule has 0 bridgehead atoms. The summed E-state index contributed by atoms with van der Waals surface area (Å²) in [5, 5.41) is 1.88. The Morgan fingerprint density at radius 1 is 1.00 bits per heavy atom. The van der Waals surface area contributed by atoms with Gasteiger partial charge in [-0.2, -0.15) is 0 Å². The normalized spacial score (nSPS) is 22.6. The summed E-state index contributed by atoms with van der Waals surface area (Å²) in [7, 11) is -2.93. The predicted octanol–water partition coefficient (Wildman–Crippen LogP) is 3.18. The zero-order valence-corrected chi connectivity index (χ0v) is 21.4. The standard InChI is InChI=1S/C27H32O6Si/c1-7-27(24(31-20(2)28)18-25(33-27)32-21(3)29)19-30-34(26(4,5)6,22-14-10-8-11-15-22)23-16-12-9-13-17-23/h1,8-17,24-25H,18-19H2,2-6H3. The largest absolute Gasteiger partial charge is 0.458 e. The van der Waals surface area contributed by atoms with Gasteiger partial charge in [0.15, 0.2) is 11.7 Å². The lowest BCUT2D eigenvalue weighted by atomic mass is 9.99. The van der Waals surface area contributed by atoms with Gasteiger partial charge in [0.25, 0.3) is 8.32 Å². The number of hydrogen-bond donors (Lipinski definition) is 0. The molecule has 0 spiro atoms. The van der Waals surface area contributed by atoms with E-state index >= 15 is 0 Å². The Labute approximate surface area is 202 Å². The first-order valence-corrected chi connectivity index (χ1v) is 13.2. The van der Waals surface area contributed by atoms with Crippen molar-refractivity contribution in [2.45, 2.75) is 64.1 Å². The van der Waals surface area contributed by atoms with Crippen LogP contribution in [0.2, 0.25) is 5.04 Å². The van der Waals surface area contributed by atoms with Crippen LogP contribution in [0.25, 0.3) is 0 Å². The monoisotopic (exact) mass is 480 g/mol. The highest BCUT2D eigenvalue weighted by Gasteiger charge is 2.56. The van der Waals surface area contributed by atoms with Crippen LogP contribution in [0, 0.1) is 12.3 Å². The van der Waals surface area contributed by atoms with Crippen LogP contribution < -0.4 is 10.4 Å². The third-order valence-corrected chi connectivity index (χ3v) is 11.0. The summed E-state index contributed by atoms with van der Waals surface area (Å²) >= 11 is 0. The van der Waals surface area contributed by atoms with Gasteiger partial charge in [0.1, 0.15) is 0 Å². The van der Waals surface area contributed by atoms with E-state index in [9.17, 15) is 9.59 Å². The van der Waals surface area contributed by atoms with Crippen molar-refractivity contribution in [2.24, 2.45) is 0 Å². The summed E-state index contributed by atoms with van der Waals surface area (Å²) in [6.45, 7) is 9.03. The van der Waals surface area contributed by atoms with Gasteiger partial charge >= 0.3 is 11.9 Å². The van der Waals surface area contributed by atoms with Gasteiger partial charge in [0, 0.05) is 13.8 Å². The number of esters is 2. The number of carbonyl (C=O) groups is 2. The first-order chi connectivity index (χ1) is 16.0. The third kappa shape index (κ3) is 5.09. The summed E-state index contributed by atoms with van der Waals surface area (Å²) in [5.41, 5.74) is -1.40. The molecule has 0 N–H and O–H groups in total. The van der Waals surface area contributed by atoms with Gasteiger partial charge in [-0.1, -0.05) is 87.4 Å². The molecular weight excluding hydrogens is 448 g/mol. The fourth-order valence-electron chi connectivity index (χ4n) is 4.60. The zero-order valence-electron chi connectivity index (χ0n) is 20.4. The van der Waals surface area contributed by atoms with E-state index < -0.39 is 38.3 Å². The molecule has 0 aliphatic carbocycles. The molecule has 0 amide bonds. The van der Waals surface area contributed by atoms with Crippen molar-refractivity contribution in [2.75, 3.05) is 6.61 Å². The Bertz CT molecular complexity index is 1000. The van der Waals surface area contributed by atoms with Crippen LogP contribution in [0.4, 0.5) is 0 Å². The summed E-state index contributed by atoms with van der Waals surface area (Å²) in [6.07, 6.45) is 4.35. The first kappa shape index (κ1) is 25.7. The van der Waals surface area contributed by atoms with E-state index in [4.69, 9.17) is 25.1 Å². The third-order valence-electron chi connectivity index (χ3n) is 6.04. The lowest BCUT2D eigenvalue weighted by molar-refractivity contribution is -0.186. The molecule has 3 unspecified atom stereocenters. The lowest BCUT2D eigenvalue weighted by Gasteiger charge is -2.44. The highest BCUT2D eigenvalue weighted by Crippen LogP contribution is 2.40. The summed E-state index contributed by atoms with van der Waals surface area (Å²) < 4.78 is 23.8. The number of benzene rings is 2. The van der Waals surface area contributed by atoms with E-state index in [1.54, 1.807) is 0 Å². The Kier molecular flexibility index (Phi) is 7.66. The number of hydrogen-bond acceptors (Lipinski definition) is 6. The first-order valence-electron chi connectivity index (χ1n) is 11.3. The SMILES string of the molecule is C#CC1(CO[Si](c2ccccc2)(c2ccccc2)C(C)(C)C)OC(OC(C)=O)CC1OC(C)=O. The number of terminal acetylenes is 1. The molecule has 1 saturated heterocycles. The molecule has 2 aromatic rings. The molecule has 0 saturated carbocycles. The molecule has 2 aromatic carbocycles. The average Bonchev–Trinajstić information content (AvgIpc) is 3.10. The summed E-state index contributed by atoms with van der Waals surface area (Å²) in [4.78, 5) is 23.4. The maximum atomic E-state index is 11.8. The smallest absolute Gasteiger partial charge is 0.304 e. The molecule has 6 nitrogen and oxygen atoms in total. The molecule has 1 aliphatic rings. The molecule has 7 heteroatoms. The van der Waals surface area contributed by atoms with Gasteiger partial charge < -0.3 is 18.6 Å². The van der Waals surface area contributed by atoms with Crippen LogP contribution in [0.3, 0.4) is 0 Å². The van der Waals surface area contributed by atoms with Gasteiger partial charge in [-0.25, -0.2) is 0 Å². The quantitative estimate of drug-likeness (QED) is 0.344. The van der Waals surface area contributed by atoms with Gasteiger partial charge in [-0.05, 0) is 15.4 Å². The second kappa shape index (κ2) is 10.1. The van der Waals surface area contributed by atoms with Gasteiger partial charge in [-0.15, -0.1) is 6.42 Å². The van der Waals surface area contributed by atoms with Crippen LogP contribution in [-0.4, -0.2) is 44.9 Å². The van der Waals surface area contributed by atoms with E-state index in [1.165, 1.54) is 13.8 Å². The van der Waals surface area contributed by atoms with E-state index in [0.29, 0.717) is 0 Å². The predicted molar refractivity (Wildman–Crippen MR) is 132 cm³/mol. The molecule has 34 heavy (non-hydrogen) atoms. The molecular formula is C27H32O6Si. The van der Waals surface area contributed by atoms with Crippen LogP contribution in [0.5, 0.6) is 0 Å². The molecule has 1 aliphatic heterocycles. The molecule has 1 fully saturated rings. The van der Waals surface area contributed by atoms with Gasteiger partial charge in [0.05, 0.1) is 13.0 Å². The summed E-state index contributed by atoms with van der Waals surface area (Å²) in [5.74, 6) is 1.66. The second-order valence-electron chi connectivity index (χ2n) is 9.48. The van der Waals surface area contributed by atoms with E-state index in [2.05, 4.69) is 51.0 Å². The van der Waals surface area contributed by atoms with Crippen molar-refractivity contribution >= 4 is 30.6 Å². The topological polar surface area (TPSA) is 71.1 Å². The van der Waals surface area contributed by atoms with Crippen molar-refractivity contribution in [1.29, 1.82) is 0 Å². The molecule has 180 valence electrons. The Morgan fingerprint density at radius 2 is 1.50 bits per heavy atom. The number of rotatable bonds is 7. The van der Waals surface area contributed by atoms with Gasteiger partial charge in [-0.3, -0.25) is 9.59 Å². The minimum atomic E-state index is -2.93. The molecule has 0 aromatic heterocycles. The molecule has 1 heterocycles. The second-order valence-corrected chi connectivity index (χ2v) is 13.8. The van der Waals surface area contributed by atoms with Crippen LogP contribution in [0.15, 0.2) is 60.7 Å². The fourth-order valence-corrected chi connectivity index (χ4v) is 9.18. The number of ether oxygens (including phenoxy) is 3. The lowest BCUT2D eigenvalue weighted by Crippen LogP contribution is -2.68. The fraction of sp³-hybridized carbons (Fsp3) is 0.407. The van der Waals surface area contributed by atoms with Crippen molar-refractivity contribution in [3.8, 4) is 12.3 Å². The van der Waals surface area contributed by atoms with Crippen LogP contribution in [0.1, 0.15) is 41.0 Å².